The number of halogens is 2. The van der Waals surface area contributed by atoms with Crippen molar-refractivity contribution in [3.05, 3.63) is 101 Å². The zero-order chi connectivity index (χ0) is 27.2. The van der Waals surface area contributed by atoms with E-state index >= 15 is 0 Å². The lowest BCUT2D eigenvalue weighted by molar-refractivity contribution is 0.115. The van der Waals surface area contributed by atoms with Gasteiger partial charge in [-0.15, -0.1) is 24.8 Å². The van der Waals surface area contributed by atoms with Gasteiger partial charge in [-0.1, -0.05) is 60.7 Å². The molecule has 212 valence electrons. The number of nitrogens with two attached hydrogens (primary N) is 2. The van der Waals surface area contributed by atoms with Crippen molar-refractivity contribution in [3.63, 3.8) is 0 Å². The summed E-state index contributed by atoms with van der Waals surface area (Å²) in [6.07, 6.45) is 0.426. The van der Waals surface area contributed by atoms with Gasteiger partial charge in [0.05, 0.1) is 22.9 Å². The molecule has 3 aromatic carbocycles. The fraction of sp³-hybridized carbons (Fsp3) is 0.241. The van der Waals surface area contributed by atoms with Gasteiger partial charge in [0.2, 0.25) is 0 Å². The quantitative estimate of drug-likeness (QED) is 0.0971. The van der Waals surface area contributed by atoms with E-state index in [4.69, 9.17) is 22.3 Å². The number of carbonyl (C=O) groups is 1. The number of imidazole rings is 1. The molecule has 4 aromatic rings. The van der Waals surface area contributed by atoms with Crippen LogP contribution in [-0.4, -0.2) is 44.3 Å². The first-order chi connectivity index (χ1) is 18.2. The van der Waals surface area contributed by atoms with Crippen LogP contribution in [0.2, 0.25) is 0 Å². The van der Waals surface area contributed by atoms with E-state index in [-0.39, 0.29) is 55.4 Å². The molecule has 0 aliphatic carbocycles. The van der Waals surface area contributed by atoms with Crippen molar-refractivity contribution in [2.75, 3.05) is 6.54 Å². The summed E-state index contributed by atoms with van der Waals surface area (Å²) in [5.74, 6) is 0.554. The number of carboxylic acid groups (broad SMARTS) is 1. The maximum absolute atomic E-state index is 12.7. The normalized spacial score (nSPS) is 12.0. The number of fused-ring (bicyclic) bond motifs is 1. The van der Waals surface area contributed by atoms with Crippen LogP contribution in [0.25, 0.3) is 11.0 Å². The molecule has 2 unspecified atom stereocenters. The molecular weight excluding hydrogens is 549 g/mol. The summed E-state index contributed by atoms with van der Waals surface area (Å²) >= 11 is 0. The van der Waals surface area contributed by atoms with Crippen LogP contribution >= 0.6 is 24.8 Å². The average Bonchev–Trinajstić information content (AvgIpc) is 3.27. The molecule has 2 atom stereocenters. The molecular formula is C29H35Cl2N7O2. The van der Waals surface area contributed by atoms with Crippen molar-refractivity contribution in [3.8, 4) is 0 Å². The fourth-order valence-corrected chi connectivity index (χ4v) is 4.94. The Morgan fingerprint density at radius 1 is 1.00 bits per heavy atom. The Labute approximate surface area is 245 Å². The van der Waals surface area contributed by atoms with Crippen LogP contribution in [0.3, 0.4) is 0 Å². The lowest BCUT2D eigenvalue weighted by atomic mass is 9.81. The molecule has 0 saturated carbocycles. The van der Waals surface area contributed by atoms with E-state index in [1.165, 1.54) is 4.90 Å². The van der Waals surface area contributed by atoms with Gasteiger partial charge >= 0.3 is 6.09 Å². The van der Waals surface area contributed by atoms with Crippen LogP contribution in [0.15, 0.2) is 72.8 Å². The minimum atomic E-state index is -1.07. The monoisotopic (exact) mass is 583 g/mol. The molecule has 0 aliphatic heterocycles. The molecule has 0 radical (unpaired) electrons. The number of amidine groups is 2. The first-order valence-electron chi connectivity index (χ1n) is 12.5. The van der Waals surface area contributed by atoms with Gasteiger partial charge in [-0.2, -0.15) is 0 Å². The van der Waals surface area contributed by atoms with Crippen LogP contribution in [0.5, 0.6) is 0 Å². The minimum Gasteiger partial charge on any atom is -0.465 e. The van der Waals surface area contributed by atoms with E-state index in [0.717, 1.165) is 33.5 Å². The summed E-state index contributed by atoms with van der Waals surface area (Å²) in [4.78, 5) is 21.9. The molecule has 1 heterocycles. The SMILES string of the molecule is Cc1nc2cc(C(C(CCc3ccc(C(=N)N)cc3)c3ccccc3)N(CCC(=N)N)C(=O)O)ccc2[nH]1.Cl.Cl. The van der Waals surface area contributed by atoms with Gasteiger partial charge in [0.25, 0.3) is 0 Å². The summed E-state index contributed by atoms with van der Waals surface area (Å²) < 4.78 is 0. The molecule has 9 nitrogen and oxygen atoms in total. The summed E-state index contributed by atoms with van der Waals surface area (Å²) in [6.45, 7) is 1.99. The molecule has 0 spiro atoms. The minimum absolute atomic E-state index is 0. The van der Waals surface area contributed by atoms with Gasteiger partial charge in [0.1, 0.15) is 11.7 Å². The molecule has 11 heteroatoms. The molecule has 1 amide bonds. The smallest absolute Gasteiger partial charge is 0.407 e. The third-order valence-corrected chi connectivity index (χ3v) is 6.79. The number of aromatic nitrogens is 2. The Morgan fingerprint density at radius 3 is 2.27 bits per heavy atom. The van der Waals surface area contributed by atoms with E-state index in [2.05, 4.69) is 9.97 Å². The Kier molecular flexibility index (Phi) is 11.5. The summed E-state index contributed by atoms with van der Waals surface area (Å²) in [5, 5.41) is 25.7. The Morgan fingerprint density at radius 2 is 1.68 bits per heavy atom. The number of nitrogens with one attached hydrogen (secondary N) is 3. The van der Waals surface area contributed by atoms with Crippen LogP contribution < -0.4 is 11.5 Å². The zero-order valence-electron chi connectivity index (χ0n) is 22.1. The summed E-state index contributed by atoms with van der Waals surface area (Å²) in [5.41, 5.74) is 16.5. The van der Waals surface area contributed by atoms with Gasteiger partial charge in [-0.05, 0) is 48.6 Å². The fourth-order valence-electron chi connectivity index (χ4n) is 4.94. The second-order valence-electron chi connectivity index (χ2n) is 9.46. The largest absolute Gasteiger partial charge is 0.465 e. The predicted molar refractivity (Wildman–Crippen MR) is 164 cm³/mol. The molecule has 8 N–H and O–H groups in total. The van der Waals surface area contributed by atoms with Gasteiger partial charge in [-0.3, -0.25) is 10.8 Å². The number of nitrogen functional groups attached to an aromatic ring is 1. The van der Waals surface area contributed by atoms with E-state index in [0.29, 0.717) is 18.4 Å². The molecule has 4 rings (SSSR count). The number of amides is 1. The number of H-pyrrole nitrogens is 1. The molecule has 0 saturated heterocycles. The molecule has 0 bridgehead atoms. The first kappa shape index (κ1) is 32.1. The van der Waals surface area contributed by atoms with Crippen LogP contribution in [0, 0.1) is 17.7 Å². The lowest BCUT2D eigenvalue weighted by Crippen LogP contribution is -2.39. The molecule has 40 heavy (non-hydrogen) atoms. The van der Waals surface area contributed by atoms with Crippen molar-refractivity contribution in [2.24, 2.45) is 11.5 Å². The van der Waals surface area contributed by atoms with Gasteiger partial charge < -0.3 is 26.5 Å². The van der Waals surface area contributed by atoms with Gasteiger partial charge in [-0.25, -0.2) is 9.78 Å². The number of aromatic amines is 1. The van der Waals surface area contributed by atoms with Crippen molar-refractivity contribution in [2.45, 2.75) is 38.1 Å². The number of aryl methyl sites for hydroxylation is 2. The van der Waals surface area contributed by atoms with Crippen molar-refractivity contribution in [1.82, 2.24) is 14.9 Å². The van der Waals surface area contributed by atoms with E-state index < -0.39 is 12.1 Å². The van der Waals surface area contributed by atoms with E-state index in [1.807, 2.05) is 79.7 Å². The maximum atomic E-state index is 12.7. The maximum Gasteiger partial charge on any atom is 0.407 e. The number of nitrogens with zero attached hydrogens (tertiary/aromatic N) is 2. The molecule has 0 fully saturated rings. The number of hydrogen-bond donors (Lipinski definition) is 6. The van der Waals surface area contributed by atoms with E-state index in [1.54, 1.807) is 0 Å². The summed E-state index contributed by atoms with van der Waals surface area (Å²) in [6, 6.07) is 22.8. The van der Waals surface area contributed by atoms with Crippen LogP contribution in [0.4, 0.5) is 4.79 Å². The van der Waals surface area contributed by atoms with E-state index in [9.17, 15) is 9.90 Å². The highest BCUT2D eigenvalue weighted by atomic mass is 35.5. The lowest BCUT2D eigenvalue weighted by Gasteiger charge is -2.36. The van der Waals surface area contributed by atoms with Crippen LogP contribution in [-0.2, 0) is 6.42 Å². The highest BCUT2D eigenvalue weighted by Gasteiger charge is 2.33. The third kappa shape index (κ3) is 7.74. The Bertz CT molecular complexity index is 1440. The highest BCUT2D eigenvalue weighted by molar-refractivity contribution is 5.94. The first-order valence-corrected chi connectivity index (χ1v) is 12.5. The molecule has 1 aromatic heterocycles. The number of hydrogen-bond acceptors (Lipinski definition) is 4. The van der Waals surface area contributed by atoms with Crippen LogP contribution in [0.1, 0.15) is 52.9 Å². The highest BCUT2D eigenvalue weighted by Crippen LogP contribution is 2.40. The topological polar surface area (TPSA) is 169 Å². The van der Waals surface area contributed by atoms with Gasteiger partial charge in [0, 0.05) is 24.4 Å². The second kappa shape index (κ2) is 14.3. The Balaban J connectivity index is 0.00000280. The van der Waals surface area contributed by atoms with Crippen molar-refractivity contribution in [1.29, 1.82) is 10.8 Å². The van der Waals surface area contributed by atoms with Gasteiger partial charge in [0.15, 0.2) is 0 Å². The standard InChI is InChI=1S/C29H33N7O2.2ClH/c1-18-34-24-14-12-22(17-25(24)35-18)27(36(29(37)38)16-15-26(30)31)23(20-5-3-2-4-6-20)13-9-19-7-10-21(11-8-19)28(32)33;;/h2-8,10-12,14,17,23,27H,9,13,15-16H2,1H3,(H3,30,31)(H3,32,33)(H,34,35)(H,37,38);2*1H. The zero-order valence-corrected chi connectivity index (χ0v) is 23.8. The number of benzene rings is 3. The summed E-state index contributed by atoms with van der Waals surface area (Å²) in [7, 11) is 0. The third-order valence-electron chi connectivity index (χ3n) is 6.79. The second-order valence-corrected chi connectivity index (χ2v) is 9.46. The number of rotatable bonds is 11. The van der Waals surface area contributed by atoms with Crippen molar-refractivity contribution >= 4 is 53.6 Å². The van der Waals surface area contributed by atoms with Crippen molar-refractivity contribution < 1.29 is 9.90 Å². The predicted octanol–water partition coefficient (Wildman–Crippen LogP) is 5.76. The molecule has 0 aliphatic rings. The Hall–Kier alpha value is -4.08. The average molecular weight is 585 g/mol.